The van der Waals surface area contributed by atoms with Gasteiger partial charge in [0.2, 0.25) is 11.8 Å². The molecule has 0 heterocycles. The van der Waals surface area contributed by atoms with Gasteiger partial charge in [-0.3, -0.25) is 9.59 Å². The first-order chi connectivity index (χ1) is 12.8. The van der Waals surface area contributed by atoms with Gasteiger partial charge in [0, 0.05) is 39.8 Å². The van der Waals surface area contributed by atoms with Crippen LogP contribution in [0.4, 0.5) is 4.39 Å². The molecule has 144 valence electrons. The Morgan fingerprint density at radius 3 is 2.07 bits per heavy atom. The van der Waals surface area contributed by atoms with E-state index >= 15 is 0 Å². The van der Waals surface area contributed by atoms with Crippen LogP contribution in [-0.2, 0) is 22.6 Å². The lowest BCUT2D eigenvalue weighted by atomic mass is 10.1. The van der Waals surface area contributed by atoms with Crippen LogP contribution in [0, 0.1) is 5.82 Å². The summed E-state index contributed by atoms with van der Waals surface area (Å²) in [6.45, 7) is 1.57. The van der Waals surface area contributed by atoms with Gasteiger partial charge >= 0.3 is 0 Å². The molecule has 0 spiro atoms. The lowest BCUT2D eigenvalue weighted by Crippen LogP contribution is -2.47. The van der Waals surface area contributed by atoms with Gasteiger partial charge in [-0.1, -0.05) is 46.9 Å². The van der Waals surface area contributed by atoms with Crippen molar-refractivity contribution in [3.8, 4) is 0 Å². The summed E-state index contributed by atoms with van der Waals surface area (Å²) < 4.78 is 14.1. The highest BCUT2D eigenvalue weighted by Gasteiger charge is 2.28. The maximum atomic E-state index is 14.1. The van der Waals surface area contributed by atoms with Crippen LogP contribution >= 0.6 is 34.8 Å². The second-order valence-electron chi connectivity index (χ2n) is 5.89. The SMILES string of the molecule is CNC(=O)C(C)N(Cc1c(Cl)cccc1Cl)C(=O)Cc1c(F)cccc1Cl. The Morgan fingerprint density at radius 1 is 1.04 bits per heavy atom. The zero-order valence-electron chi connectivity index (χ0n) is 14.7. The topological polar surface area (TPSA) is 49.4 Å². The largest absolute Gasteiger partial charge is 0.357 e. The summed E-state index contributed by atoms with van der Waals surface area (Å²) >= 11 is 18.4. The Labute approximate surface area is 172 Å². The average molecular weight is 432 g/mol. The summed E-state index contributed by atoms with van der Waals surface area (Å²) in [6, 6.07) is 8.34. The third kappa shape index (κ3) is 5.12. The average Bonchev–Trinajstić information content (AvgIpc) is 2.63. The standard InChI is InChI=1S/C19H18Cl3FN2O2/c1-11(19(27)24-2)25(10-13-15(21)5-3-6-16(13)22)18(26)9-12-14(20)7-4-8-17(12)23/h3-8,11H,9-10H2,1-2H3,(H,24,27). The highest BCUT2D eigenvalue weighted by molar-refractivity contribution is 6.36. The van der Waals surface area contributed by atoms with Crippen LogP contribution in [0.1, 0.15) is 18.1 Å². The predicted molar refractivity (Wildman–Crippen MR) is 106 cm³/mol. The second-order valence-corrected chi connectivity index (χ2v) is 7.11. The maximum Gasteiger partial charge on any atom is 0.242 e. The van der Waals surface area contributed by atoms with E-state index in [1.54, 1.807) is 25.1 Å². The van der Waals surface area contributed by atoms with Crippen molar-refractivity contribution >= 4 is 46.6 Å². The molecule has 0 aliphatic heterocycles. The van der Waals surface area contributed by atoms with Crippen molar-refractivity contribution in [2.45, 2.75) is 25.9 Å². The molecule has 1 atom stereocenters. The summed E-state index contributed by atoms with van der Waals surface area (Å²) in [5, 5.41) is 3.39. The van der Waals surface area contributed by atoms with Gasteiger partial charge < -0.3 is 10.2 Å². The molecule has 1 N–H and O–H groups in total. The lowest BCUT2D eigenvalue weighted by Gasteiger charge is -2.29. The Bertz CT molecular complexity index is 820. The number of carbonyl (C=O) groups is 2. The summed E-state index contributed by atoms with van der Waals surface area (Å²) in [5.41, 5.74) is 0.577. The monoisotopic (exact) mass is 430 g/mol. The van der Waals surface area contributed by atoms with Crippen molar-refractivity contribution in [1.82, 2.24) is 10.2 Å². The molecule has 27 heavy (non-hydrogen) atoms. The summed E-state index contributed by atoms with van der Waals surface area (Å²) in [6.07, 6.45) is -0.297. The van der Waals surface area contributed by atoms with Gasteiger partial charge in [0.05, 0.1) is 6.42 Å². The molecule has 0 aromatic heterocycles. The highest BCUT2D eigenvalue weighted by atomic mass is 35.5. The summed E-state index contributed by atoms with van der Waals surface area (Å²) in [7, 11) is 1.47. The van der Waals surface area contributed by atoms with Crippen LogP contribution in [0.5, 0.6) is 0 Å². The van der Waals surface area contributed by atoms with Crippen molar-refractivity contribution in [3.05, 3.63) is 68.4 Å². The zero-order chi connectivity index (χ0) is 20.1. The number of carbonyl (C=O) groups excluding carboxylic acids is 2. The Balaban J connectivity index is 2.37. The molecule has 4 nitrogen and oxygen atoms in total. The van der Waals surface area contributed by atoms with Crippen LogP contribution in [0.15, 0.2) is 36.4 Å². The van der Waals surface area contributed by atoms with E-state index in [0.29, 0.717) is 15.6 Å². The predicted octanol–water partition coefficient (Wildman–Crippen LogP) is 4.49. The van der Waals surface area contributed by atoms with E-state index in [4.69, 9.17) is 34.8 Å². The minimum atomic E-state index is -0.819. The van der Waals surface area contributed by atoms with E-state index in [2.05, 4.69) is 5.32 Å². The van der Waals surface area contributed by atoms with Gasteiger partial charge in [-0.15, -0.1) is 0 Å². The molecule has 1 unspecified atom stereocenters. The highest BCUT2D eigenvalue weighted by Crippen LogP contribution is 2.27. The number of halogens is 4. The van der Waals surface area contributed by atoms with Crippen molar-refractivity contribution < 1.29 is 14.0 Å². The van der Waals surface area contributed by atoms with E-state index in [1.165, 1.54) is 30.1 Å². The number of hydrogen-bond acceptors (Lipinski definition) is 2. The number of benzene rings is 2. The first kappa shape index (κ1) is 21.5. The molecule has 0 saturated heterocycles. The lowest BCUT2D eigenvalue weighted by molar-refractivity contribution is -0.139. The molecule has 0 bridgehead atoms. The van der Waals surface area contributed by atoms with E-state index in [0.717, 1.165) is 0 Å². The Hall–Kier alpha value is -1.82. The van der Waals surface area contributed by atoms with Gasteiger partial charge in [0.25, 0.3) is 0 Å². The smallest absolute Gasteiger partial charge is 0.242 e. The fourth-order valence-corrected chi connectivity index (χ4v) is 3.35. The van der Waals surface area contributed by atoms with Gasteiger partial charge in [-0.05, 0) is 31.2 Å². The molecule has 8 heteroatoms. The fourth-order valence-electron chi connectivity index (χ4n) is 2.60. The van der Waals surface area contributed by atoms with Crippen LogP contribution in [0.3, 0.4) is 0 Å². The fraction of sp³-hybridized carbons (Fsp3) is 0.263. The second kappa shape index (κ2) is 9.40. The molecule has 0 radical (unpaired) electrons. The molecular formula is C19H18Cl3FN2O2. The number of rotatable bonds is 6. The third-order valence-corrected chi connectivity index (χ3v) is 5.26. The number of nitrogens with one attached hydrogen (secondary N) is 1. The van der Waals surface area contributed by atoms with Crippen molar-refractivity contribution in [1.29, 1.82) is 0 Å². The number of likely N-dealkylation sites (N-methyl/N-ethyl adjacent to an activating group) is 1. The van der Waals surface area contributed by atoms with Gasteiger partial charge in [0.1, 0.15) is 11.9 Å². The molecule has 0 fully saturated rings. The van der Waals surface area contributed by atoms with Crippen molar-refractivity contribution in [2.75, 3.05) is 7.05 Å². The van der Waals surface area contributed by atoms with E-state index in [-0.39, 0.29) is 29.5 Å². The third-order valence-electron chi connectivity index (χ3n) is 4.19. The molecule has 2 aromatic carbocycles. The quantitative estimate of drug-likeness (QED) is 0.732. The molecule has 2 aromatic rings. The van der Waals surface area contributed by atoms with Gasteiger partial charge in [0.15, 0.2) is 0 Å². The number of nitrogens with zero attached hydrogens (tertiary/aromatic N) is 1. The minimum Gasteiger partial charge on any atom is -0.357 e. The molecule has 0 saturated carbocycles. The first-order valence-corrected chi connectivity index (χ1v) is 9.26. The first-order valence-electron chi connectivity index (χ1n) is 8.13. The molecule has 2 rings (SSSR count). The normalized spacial score (nSPS) is 11.8. The molecule has 0 aliphatic rings. The van der Waals surface area contributed by atoms with Gasteiger partial charge in [-0.25, -0.2) is 4.39 Å². The number of hydrogen-bond donors (Lipinski definition) is 1. The maximum absolute atomic E-state index is 14.1. The van der Waals surface area contributed by atoms with Crippen LogP contribution in [0.2, 0.25) is 15.1 Å². The number of amides is 2. The van der Waals surface area contributed by atoms with Crippen LogP contribution in [0.25, 0.3) is 0 Å². The molecule has 0 aliphatic carbocycles. The van der Waals surface area contributed by atoms with Crippen LogP contribution < -0.4 is 5.32 Å². The Morgan fingerprint density at radius 2 is 1.56 bits per heavy atom. The van der Waals surface area contributed by atoms with Crippen molar-refractivity contribution in [3.63, 3.8) is 0 Å². The molecule has 2 amide bonds. The van der Waals surface area contributed by atoms with E-state index in [1.807, 2.05) is 0 Å². The van der Waals surface area contributed by atoms with E-state index < -0.39 is 17.8 Å². The van der Waals surface area contributed by atoms with Gasteiger partial charge in [-0.2, -0.15) is 0 Å². The Kier molecular flexibility index (Phi) is 7.48. The van der Waals surface area contributed by atoms with Crippen molar-refractivity contribution in [2.24, 2.45) is 0 Å². The minimum absolute atomic E-state index is 0.00199. The zero-order valence-corrected chi connectivity index (χ0v) is 17.0. The summed E-state index contributed by atoms with van der Waals surface area (Å²) in [4.78, 5) is 26.4. The van der Waals surface area contributed by atoms with Crippen LogP contribution in [-0.4, -0.2) is 29.8 Å². The van der Waals surface area contributed by atoms with E-state index in [9.17, 15) is 14.0 Å². The summed E-state index contributed by atoms with van der Waals surface area (Å²) in [5.74, 6) is -1.43. The molecular weight excluding hydrogens is 414 g/mol.